The summed E-state index contributed by atoms with van der Waals surface area (Å²) < 4.78 is 4.88. The van der Waals surface area contributed by atoms with E-state index in [0.717, 1.165) is 0 Å². The van der Waals surface area contributed by atoms with Gasteiger partial charge in [-0.2, -0.15) is 0 Å². The lowest BCUT2D eigenvalue weighted by Gasteiger charge is -2.16. The molecule has 0 aliphatic rings. The minimum atomic E-state index is -0.855. The predicted octanol–water partition coefficient (Wildman–Crippen LogP) is -1.26. The Morgan fingerprint density at radius 1 is 1.40 bits per heavy atom. The summed E-state index contributed by atoms with van der Waals surface area (Å²) in [5, 5.41) is 25.6. The molecule has 0 heterocycles. The molecule has 2 unspecified atom stereocenters. The van der Waals surface area contributed by atoms with Gasteiger partial charge in [0.1, 0.15) is 6.10 Å². The van der Waals surface area contributed by atoms with Crippen LogP contribution in [0.2, 0.25) is 0 Å². The molecule has 0 aromatic carbocycles. The van der Waals surface area contributed by atoms with Crippen molar-refractivity contribution in [2.24, 2.45) is 0 Å². The summed E-state index contributed by atoms with van der Waals surface area (Å²) in [5.41, 5.74) is 0. The van der Waals surface area contributed by atoms with Gasteiger partial charge in [-0.3, -0.25) is 0 Å². The highest BCUT2D eigenvalue weighted by molar-refractivity contribution is 4.61. The average Bonchev–Trinajstić information content (AvgIpc) is 1.98. The molecule has 0 amide bonds. The van der Waals surface area contributed by atoms with E-state index >= 15 is 0 Å². The van der Waals surface area contributed by atoms with Gasteiger partial charge in [-0.1, -0.05) is 0 Å². The molecule has 4 heteroatoms. The van der Waals surface area contributed by atoms with Crippen LogP contribution in [0.1, 0.15) is 6.92 Å². The number of aliphatic hydroxyl groups is 3. The maximum absolute atomic E-state index is 8.90. The Morgan fingerprint density at radius 2 is 2.00 bits per heavy atom. The van der Waals surface area contributed by atoms with Crippen LogP contribution in [-0.2, 0) is 4.74 Å². The topological polar surface area (TPSA) is 69.9 Å². The zero-order valence-electron chi connectivity index (χ0n) is 6.03. The lowest BCUT2D eigenvalue weighted by molar-refractivity contribution is -0.0561. The molecule has 62 valence electrons. The molecule has 0 aliphatic heterocycles. The fraction of sp³-hybridized carbons (Fsp3) is 1.00. The normalized spacial score (nSPS) is 16.8. The van der Waals surface area contributed by atoms with E-state index < -0.39 is 12.2 Å². The molecular weight excluding hydrogens is 136 g/mol. The summed E-state index contributed by atoms with van der Waals surface area (Å²) in [5.74, 6) is 0. The van der Waals surface area contributed by atoms with Gasteiger partial charge in [0.05, 0.1) is 25.9 Å². The fourth-order valence-corrected chi connectivity index (χ4v) is 0.498. The summed E-state index contributed by atoms with van der Waals surface area (Å²) in [6.45, 7) is 1.45. The van der Waals surface area contributed by atoms with Gasteiger partial charge in [0.2, 0.25) is 0 Å². The standard InChI is InChI=1S/C6H14O4/c1-5(6(9)4-8)10-3-2-7/h5-9H,2-4H2,1H3. The van der Waals surface area contributed by atoms with Crippen molar-refractivity contribution >= 4 is 0 Å². The third kappa shape index (κ3) is 3.79. The van der Waals surface area contributed by atoms with Gasteiger partial charge in [0.25, 0.3) is 0 Å². The van der Waals surface area contributed by atoms with Gasteiger partial charge in [-0.25, -0.2) is 0 Å². The Bertz CT molecular complexity index is 76.1. The maximum Gasteiger partial charge on any atom is 0.103 e. The minimum Gasteiger partial charge on any atom is -0.394 e. The monoisotopic (exact) mass is 150 g/mol. The molecule has 0 saturated heterocycles. The van der Waals surface area contributed by atoms with Crippen LogP contribution in [0.3, 0.4) is 0 Å². The number of aliphatic hydroxyl groups excluding tert-OH is 3. The minimum absolute atomic E-state index is 0.0670. The highest BCUT2D eigenvalue weighted by Gasteiger charge is 2.12. The molecule has 3 N–H and O–H groups in total. The summed E-state index contributed by atoms with van der Waals surface area (Å²) in [7, 11) is 0. The van der Waals surface area contributed by atoms with Gasteiger partial charge >= 0.3 is 0 Å². The van der Waals surface area contributed by atoms with Crippen molar-refractivity contribution in [3.05, 3.63) is 0 Å². The molecule has 0 aliphatic carbocycles. The lowest BCUT2D eigenvalue weighted by Crippen LogP contribution is -2.30. The van der Waals surface area contributed by atoms with Crippen molar-refractivity contribution in [1.29, 1.82) is 0 Å². The second-order valence-corrected chi connectivity index (χ2v) is 2.05. The van der Waals surface area contributed by atoms with Crippen molar-refractivity contribution in [2.45, 2.75) is 19.1 Å². The molecule has 0 spiro atoms. The molecule has 2 atom stereocenters. The van der Waals surface area contributed by atoms with Crippen LogP contribution < -0.4 is 0 Å². The number of hydrogen-bond acceptors (Lipinski definition) is 4. The predicted molar refractivity (Wildman–Crippen MR) is 35.6 cm³/mol. The number of hydrogen-bond donors (Lipinski definition) is 3. The van der Waals surface area contributed by atoms with Gasteiger partial charge < -0.3 is 20.1 Å². The molecular formula is C6H14O4. The van der Waals surface area contributed by atoms with Crippen LogP contribution in [-0.4, -0.2) is 47.3 Å². The Morgan fingerprint density at radius 3 is 2.40 bits per heavy atom. The maximum atomic E-state index is 8.90. The molecule has 0 aromatic heterocycles. The van der Waals surface area contributed by atoms with Crippen molar-refractivity contribution in [2.75, 3.05) is 19.8 Å². The van der Waals surface area contributed by atoms with Crippen molar-refractivity contribution in [3.8, 4) is 0 Å². The van der Waals surface area contributed by atoms with Crippen LogP contribution in [0.15, 0.2) is 0 Å². The summed E-state index contributed by atoms with van der Waals surface area (Å²) in [4.78, 5) is 0. The summed E-state index contributed by atoms with van der Waals surface area (Å²) in [6, 6.07) is 0. The van der Waals surface area contributed by atoms with E-state index in [2.05, 4.69) is 0 Å². The van der Waals surface area contributed by atoms with E-state index in [9.17, 15) is 0 Å². The van der Waals surface area contributed by atoms with E-state index in [1.54, 1.807) is 6.92 Å². The molecule has 4 nitrogen and oxygen atoms in total. The second-order valence-electron chi connectivity index (χ2n) is 2.05. The number of rotatable bonds is 5. The van der Waals surface area contributed by atoms with Gasteiger partial charge in [0, 0.05) is 0 Å². The van der Waals surface area contributed by atoms with Crippen LogP contribution in [0.4, 0.5) is 0 Å². The van der Waals surface area contributed by atoms with E-state index in [1.807, 2.05) is 0 Å². The van der Waals surface area contributed by atoms with E-state index in [0.29, 0.717) is 0 Å². The molecule has 0 rings (SSSR count). The van der Waals surface area contributed by atoms with E-state index in [-0.39, 0.29) is 19.8 Å². The summed E-state index contributed by atoms with van der Waals surface area (Å²) in [6.07, 6.45) is -1.27. The largest absolute Gasteiger partial charge is 0.394 e. The van der Waals surface area contributed by atoms with Crippen molar-refractivity contribution in [3.63, 3.8) is 0 Å². The SMILES string of the molecule is CC(OCCO)C(O)CO. The molecule has 0 radical (unpaired) electrons. The highest BCUT2D eigenvalue weighted by atomic mass is 16.5. The molecule has 0 fully saturated rings. The second kappa shape index (κ2) is 5.61. The highest BCUT2D eigenvalue weighted by Crippen LogP contribution is 1.96. The number of ether oxygens (including phenoxy) is 1. The van der Waals surface area contributed by atoms with Crippen LogP contribution in [0.25, 0.3) is 0 Å². The van der Waals surface area contributed by atoms with Gasteiger partial charge in [-0.15, -0.1) is 0 Å². The van der Waals surface area contributed by atoms with E-state index in [4.69, 9.17) is 20.1 Å². The smallest absolute Gasteiger partial charge is 0.103 e. The summed E-state index contributed by atoms with van der Waals surface area (Å²) >= 11 is 0. The zero-order chi connectivity index (χ0) is 7.98. The van der Waals surface area contributed by atoms with Crippen LogP contribution >= 0.6 is 0 Å². The molecule has 0 bridgehead atoms. The Labute approximate surface area is 60.1 Å². The van der Waals surface area contributed by atoms with E-state index in [1.165, 1.54) is 0 Å². The third-order valence-electron chi connectivity index (χ3n) is 1.20. The van der Waals surface area contributed by atoms with Crippen LogP contribution in [0.5, 0.6) is 0 Å². The quantitative estimate of drug-likeness (QED) is 0.457. The first-order valence-corrected chi connectivity index (χ1v) is 3.23. The first-order valence-electron chi connectivity index (χ1n) is 3.23. The van der Waals surface area contributed by atoms with Gasteiger partial charge in [-0.05, 0) is 6.92 Å². The first-order chi connectivity index (χ1) is 4.72. The first kappa shape index (κ1) is 9.84. The molecule has 10 heavy (non-hydrogen) atoms. The average molecular weight is 150 g/mol. The zero-order valence-corrected chi connectivity index (χ0v) is 6.03. The van der Waals surface area contributed by atoms with Crippen molar-refractivity contribution in [1.82, 2.24) is 0 Å². The van der Waals surface area contributed by atoms with Gasteiger partial charge in [0.15, 0.2) is 0 Å². The third-order valence-corrected chi connectivity index (χ3v) is 1.20. The lowest BCUT2D eigenvalue weighted by atomic mass is 10.2. The Kier molecular flexibility index (Phi) is 5.52. The van der Waals surface area contributed by atoms with Crippen molar-refractivity contribution < 1.29 is 20.1 Å². The molecule has 0 aromatic rings. The fourth-order valence-electron chi connectivity index (χ4n) is 0.498. The Hall–Kier alpha value is -0.160. The molecule has 0 saturated carbocycles. The Balaban J connectivity index is 3.31. The van der Waals surface area contributed by atoms with Crippen LogP contribution in [0, 0.1) is 0 Å².